The van der Waals surface area contributed by atoms with Gasteiger partial charge < -0.3 is 24.3 Å². The molecule has 0 aliphatic rings. The number of carbonyl (C=O) groups excluding carboxylic acids is 2. The van der Waals surface area contributed by atoms with Crippen molar-refractivity contribution >= 4 is 18.0 Å². The molecule has 0 bridgehead atoms. The summed E-state index contributed by atoms with van der Waals surface area (Å²) in [5.74, 6) is -1.41. The average Bonchev–Trinajstić information content (AvgIpc) is 2.60. The predicted molar refractivity (Wildman–Crippen MR) is 89.1 cm³/mol. The first-order valence-electron chi connectivity index (χ1n) is 7.66. The normalized spacial score (nSPS) is 12.1. The minimum Gasteiger partial charge on any atom is -0.493 e. The summed E-state index contributed by atoms with van der Waals surface area (Å²) in [5, 5.41) is 2.52. The summed E-state index contributed by atoms with van der Waals surface area (Å²) in [6.07, 6.45) is 1.22. The van der Waals surface area contributed by atoms with Crippen LogP contribution in [0, 0.1) is 0 Å². The number of rotatable bonds is 10. The van der Waals surface area contributed by atoms with Gasteiger partial charge in [0.15, 0.2) is 17.6 Å². The van der Waals surface area contributed by atoms with Crippen LogP contribution in [-0.4, -0.2) is 52.0 Å². The van der Waals surface area contributed by atoms with E-state index in [1.165, 1.54) is 39.4 Å². The van der Waals surface area contributed by atoms with Gasteiger partial charge in [-0.25, -0.2) is 4.79 Å². The Kier molecular flexibility index (Phi) is 9.07. The zero-order valence-electron chi connectivity index (χ0n) is 14.7. The van der Waals surface area contributed by atoms with Gasteiger partial charge in [0.1, 0.15) is 0 Å². The first-order valence-corrected chi connectivity index (χ1v) is 7.66. The fourth-order valence-corrected chi connectivity index (χ4v) is 1.88. The summed E-state index contributed by atoms with van der Waals surface area (Å²) >= 11 is 0. The maximum absolute atomic E-state index is 12.6. The van der Waals surface area contributed by atoms with Crippen LogP contribution in [0.4, 0.5) is 8.78 Å². The highest BCUT2D eigenvalue weighted by Gasteiger charge is 2.17. The van der Waals surface area contributed by atoms with E-state index in [0.29, 0.717) is 6.61 Å². The Balaban J connectivity index is 2.74. The highest BCUT2D eigenvalue weighted by Crippen LogP contribution is 2.33. The van der Waals surface area contributed by atoms with Crippen molar-refractivity contribution in [2.45, 2.75) is 19.6 Å². The van der Waals surface area contributed by atoms with Crippen molar-refractivity contribution in [3.05, 3.63) is 29.8 Å². The molecule has 0 fully saturated rings. The van der Waals surface area contributed by atoms with Crippen molar-refractivity contribution in [1.82, 2.24) is 5.32 Å². The zero-order valence-corrected chi connectivity index (χ0v) is 14.7. The largest absolute Gasteiger partial charge is 0.493 e. The summed E-state index contributed by atoms with van der Waals surface area (Å²) in [4.78, 5) is 23.5. The Morgan fingerprint density at radius 3 is 2.62 bits per heavy atom. The summed E-state index contributed by atoms with van der Waals surface area (Å²) in [5.41, 5.74) is 0.193. The third kappa shape index (κ3) is 7.06. The number of hydrogen-bond donors (Lipinski definition) is 1. The van der Waals surface area contributed by atoms with Gasteiger partial charge >= 0.3 is 12.6 Å². The van der Waals surface area contributed by atoms with Crippen LogP contribution in [0.1, 0.15) is 12.5 Å². The standard InChI is InChI=1S/C17H21F2NO6/c1-11(16(22)20-9-10-23-2)25-14(21)8-7-12-5-4-6-13(24-3)15(12)26-17(18)19/h4-8,11,17H,9-10H2,1-3H3,(H,20,22)/b8-7+/t11-/m0/s1. The smallest absolute Gasteiger partial charge is 0.387 e. The quantitative estimate of drug-likeness (QED) is 0.384. The van der Waals surface area contributed by atoms with Crippen LogP contribution in [0.15, 0.2) is 24.3 Å². The Labute approximate surface area is 149 Å². The van der Waals surface area contributed by atoms with Gasteiger partial charge in [0, 0.05) is 25.3 Å². The molecule has 1 aromatic rings. The van der Waals surface area contributed by atoms with Gasteiger partial charge in [-0.2, -0.15) is 8.78 Å². The van der Waals surface area contributed by atoms with Crippen molar-refractivity contribution in [3.8, 4) is 11.5 Å². The number of ether oxygens (including phenoxy) is 4. The lowest BCUT2D eigenvalue weighted by molar-refractivity contribution is -0.150. The van der Waals surface area contributed by atoms with Crippen LogP contribution in [0.2, 0.25) is 0 Å². The molecule has 1 amide bonds. The van der Waals surface area contributed by atoms with Crippen LogP contribution >= 0.6 is 0 Å². The van der Waals surface area contributed by atoms with Gasteiger partial charge in [0.25, 0.3) is 5.91 Å². The molecule has 0 saturated heterocycles. The van der Waals surface area contributed by atoms with E-state index < -0.39 is 24.6 Å². The molecule has 0 spiro atoms. The Bertz CT molecular complexity index is 636. The minimum atomic E-state index is -3.05. The number of halogens is 2. The molecule has 0 aliphatic carbocycles. The molecule has 0 unspecified atom stereocenters. The highest BCUT2D eigenvalue weighted by molar-refractivity contribution is 5.90. The summed E-state index contributed by atoms with van der Waals surface area (Å²) < 4.78 is 44.2. The first-order chi connectivity index (χ1) is 12.4. The number of benzene rings is 1. The number of methoxy groups -OCH3 is 2. The van der Waals surface area contributed by atoms with E-state index in [1.54, 1.807) is 6.07 Å². The number of hydrogen-bond acceptors (Lipinski definition) is 6. The SMILES string of the molecule is COCCNC(=O)[C@H](C)OC(=O)/C=C/c1cccc(OC)c1OC(F)F. The lowest BCUT2D eigenvalue weighted by Crippen LogP contribution is -2.37. The van der Waals surface area contributed by atoms with E-state index in [1.807, 2.05) is 0 Å². The Hall–Kier alpha value is -2.68. The van der Waals surface area contributed by atoms with E-state index in [2.05, 4.69) is 10.1 Å². The monoisotopic (exact) mass is 373 g/mol. The molecule has 0 heterocycles. The van der Waals surface area contributed by atoms with E-state index in [-0.39, 0.29) is 23.6 Å². The van der Waals surface area contributed by atoms with Crippen LogP contribution in [0.25, 0.3) is 6.08 Å². The molecular weight excluding hydrogens is 352 g/mol. The molecule has 1 aromatic carbocycles. The van der Waals surface area contributed by atoms with Crippen molar-refractivity contribution in [3.63, 3.8) is 0 Å². The average molecular weight is 373 g/mol. The molecule has 26 heavy (non-hydrogen) atoms. The summed E-state index contributed by atoms with van der Waals surface area (Å²) in [7, 11) is 2.80. The molecule has 9 heteroatoms. The lowest BCUT2D eigenvalue weighted by atomic mass is 10.1. The summed E-state index contributed by atoms with van der Waals surface area (Å²) in [6.45, 7) is -1.04. The van der Waals surface area contributed by atoms with Gasteiger partial charge in [0.05, 0.1) is 13.7 Å². The molecule has 7 nitrogen and oxygen atoms in total. The van der Waals surface area contributed by atoms with Crippen LogP contribution in [0.5, 0.6) is 11.5 Å². The molecule has 1 rings (SSSR count). The second kappa shape index (κ2) is 11.0. The number of nitrogens with one attached hydrogen (secondary N) is 1. The van der Waals surface area contributed by atoms with Crippen LogP contribution in [0.3, 0.4) is 0 Å². The zero-order chi connectivity index (χ0) is 19.5. The second-order valence-corrected chi connectivity index (χ2v) is 4.95. The van der Waals surface area contributed by atoms with Gasteiger partial charge in [-0.05, 0) is 19.1 Å². The molecular formula is C17H21F2NO6. The topological polar surface area (TPSA) is 83.1 Å². The van der Waals surface area contributed by atoms with Gasteiger partial charge in [0.2, 0.25) is 0 Å². The molecule has 0 aromatic heterocycles. The van der Waals surface area contributed by atoms with E-state index in [4.69, 9.17) is 14.2 Å². The van der Waals surface area contributed by atoms with Crippen molar-refractivity contribution in [1.29, 1.82) is 0 Å². The predicted octanol–water partition coefficient (Wildman–Crippen LogP) is 2.00. The molecule has 144 valence electrons. The molecule has 1 atom stereocenters. The first kappa shape index (κ1) is 21.4. The molecule has 0 radical (unpaired) electrons. The molecule has 0 saturated carbocycles. The maximum Gasteiger partial charge on any atom is 0.387 e. The Morgan fingerprint density at radius 2 is 2.00 bits per heavy atom. The van der Waals surface area contributed by atoms with Crippen LogP contribution in [-0.2, 0) is 19.1 Å². The van der Waals surface area contributed by atoms with E-state index in [9.17, 15) is 18.4 Å². The fourth-order valence-electron chi connectivity index (χ4n) is 1.88. The van der Waals surface area contributed by atoms with Gasteiger partial charge in [-0.3, -0.25) is 4.79 Å². The third-order valence-corrected chi connectivity index (χ3v) is 3.10. The van der Waals surface area contributed by atoms with Crippen LogP contribution < -0.4 is 14.8 Å². The lowest BCUT2D eigenvalue weighted by Gasteiger charge is -2.13. The van der Waals surface area contributed by atoms with Gasteiger partial charge in [-0.1, -0.05) is 12.1 Å². The third-order valence-electron chi connectivity index (χ3n) is 3.10. The number of para-hydroxylation sites is 1. The van der Waals surface area contributed by atoms with Crippen molar-refractivity contribution < 1.29 is 37.3 Å². The number of esters is 1. The molecule has 0 aliphatic heterocycles. The van der Waals surface area contributed by atoms with Crippen molar-refractivity contribution in [2.75, 3.05) is 27.4 Å². The highest BCUT2D eigenvalue weighted by atomic mass is 19.3. The number of amides is 1. The van der Waals surface area contributed by atoms with E-state index >= 15 is 0 Å². The molecule has 1 N–H and O–H groups in total. The van der Waals surface area contributed by atoms with Crippen molar-refractivity contribution in [2.24, 2.45) is 0 Å². The van der Waals surface area contributed by atoms with Gasteiger partial charge in [-0.15, -0.1) is 0 Å². The number of alkyl halides is 2. The second-order valence-electron chi connectivity index (χ2n) is 4.95. The number of carbonyl (C=O) groups is 2. The fraction of sp³-hybridized carbons (Fsp3) is 0.412. The maximum atomic E-state index is 12.6. The minimum absolute atomic E-state index is 0.0895. The van der Waals surface area contributed by atoms with E-state index in [0.717, 1.165) is 6.08 Å². The Morgan fingerprint density at radius 1 is 1.27 bits per heavy atom. The summed E-state index contributed by atoms with van der Waals surface area (Å²) in [6, 6.07) is 4.46.